The van der Waals surface area contributed by atoms with Crippen molar-refractivity contribution in [3.63, 3.8) is 0 Å². The van der Waals surface area contributed by atoms with Crippen LogP contribution in [0.25, 0.3) is 11.1 Å². The predicted molar refractivity (Wildman–Crippen MR) is 131 cm³/mol. The van der Waals surface area contributed by atoms with Crippen LogP contribution in [-0.2, 0) is 17.8 Å². The summed E-state index contributed by atoms with van der Waals surface area (Å²) >= 11 is 0. The van der Waals surface area contributed by atoms with Gasteiger partial charge in [-0.1, -0.05) is 54.6 Å². The minimum absolute atomic E-state index is 0.00671. The Balaban J connectivity index is 1.64. The number of likely N-dealkylation sites (N-methyl/N-ethyl adjacent to an activating group) is 1. The van der Waals surface area contributed by atoms with Crippen LogP contribution in [0.15, 0.2) is 72.8 Å². The summed E-state index contributed by atoms with van der Waals surface area (Å²) in [6.45, 7) is 0.516. The van der Waals surface area contributed by atoms with Crippen molar-refractivity contribution in [2.24, 2.45) is 5.73 Å². The maximum Gasteiger partial charge on any atom is 0.236 e. The Kier molecular flexibility index (Phi) is 7.79. The van der Waals surface area contributed by atoms with Crippen LogP contribution in [0.3, 0.4) is 0 Å². The Bertz CT molecular complexity index is 1070. The average Bonchev–Trinajstić information content (AvgIpc) is 2.82. The molecule has 0 heterocycles. The first-order valence-electron chi connectivity index (χ1n) is 10.8. The third-order valence-electron chi connectivity index (χ3n) is 5.56. The van der Waals surface area contributed by atoms with Gasteiger partial charge in [-0.2, -0.15) is 0 Å². The first kappa shape index (κ1) is 23.2. The smallest absolute Gasteiger partial charge is 0.236 e. The zero-order valence-corrected chi connectivity index (χ0v) is 19.0. The molecular formula is C27H31N3O2. The zero-order valence-electron chi connectivity index (χ0n) is 19.0. The Morgan fingerprint density at radius 2 is 1.50 bits per heavy atom. The molecule has 0 atom stereocenters. The molecule has 0 bridgehead atoms. The van der Waals surface area contributed by atoms with Crippen molar-refractivity contribution in [3.8, 4) is 11.1 Å². The summed E-state index contributed by atoms with van der Waals surface area (Å²) in [7, 11) is 5.78. The van der Waals surface area contributed by atoms with Gasteiger partial charge in [0.25, 0.3) is 0 Å². The summed E-state index contributed by atoms with van der Waals surface area (Å²) < 4.78 is 0. The highest BCUT2D eigenvalue weighted by Gasteiger charge is 2.10. The van der Waals surface area contributed by atoms with Crippen molar-refractivity contribution in [1.29, 1.82) is 0 Å². The summed E-state index contributed by atoms with van der Waals surface area (Å²) in [5.74, 6) is 0.0502. The number of hydrogen-bond donors (Lipinski definition) is 1. The zero-order chi connectivity index (χ0) is 23.1. The minimum atomic E-state index is -0.0910. The number of Topliss-reactive ketones (excluding diaryl/α,β-unsaturated/α-hetero) is 1. The molecule has 5 nitrogen and oxygen atoms in total. The summed E-state index contributed by atoms with van der Waals surface area (Å²) in [5, 5.41) is 0. The van der Waals surface area contributed by atoms with Gasteiger partial charge >= 0.3 is 0 Å². The summed E-state index contributed by atoms with van der Waals surface area (Å²) in [4.78, 5) is 28.1. The lowest BCUT2D eigenvalue weighted by Gasteiger charge is -2.16. The van der Waals surface area contributed by atoms with E-state index in [-0.39, 0.29) is 18.2 Å². The molecule has 3 aromatic carbocycles. The van der Waals surface area contributed by atoms with E-state index in [2.05, 4.69) is 29.2 Å². The molecule has 32 heavy (non-hydrogen) atoms. The van der Waals surface area contributed by atoms with Gasteiger partial charge < -0.3 is 15.5 Å². The van der Waals surface area contributed by atoms with Gasteiger partial charge in [0.1, 0.15) is 0 Å². The fourth-order valence-corrected chi connectivity index (χ4v) is 3.61. The second-order valence-corrected chi connectivity index (χ2v) is 8.22. The van der Waals surface area contributed by atoms with E-state index in [4.69, 9.17) is 5.73 Å². The van der Waals surface area contributed by atoms with Crippen LogP contribution in [0.2, 0.25) is 0 Å². The Morgan fingerprint density at radius 1 is 0.812 bits per heavy atom. The number of ketones is 1. The molecular weight excluding hydrogens is 398 g/mol. The SMILES string of the molecule is CN(Cc1cccc(-c2ccc(C(=O)CCc3cccc(N(C)C)c3)cc2)c1)C(=O)CN. The second-order valence-electron chi connectivity index (χ2n) is 8.22. The molecule has 0 radical (unpaired) electrons. The molecule has 0 spiro atoms. The molecule has 0 aliphatic heterocycles. The van der Waals surface area contributed by atoms with Gasteiger partial charge in [0.05, 0.1) is 6.54 Å². The molecule has 0 unspecified atom stereocenters. The van der Waals surface area contributed by atoms with E-state index in [0.717, 1.165) is 39.9 Å². The molecule has 0 aromatic heterocycles. The van der Waals surface area contributed by atoms with Crippen LogP contribution in [0.5, 0.6) is 0 Å². The van der Waals surface area contributed by atoms with E-state index in [1.807, 2.05) is 62.6 Å². The van der Waals surface area contributed by atoms with Crippen LogP contribution in [0.4, 0.5) is 5.69 Å². The Hall–Kier alpha value is -3.44. The third kappa shape index (κ3) is 6.05. The second kappa shape index (κ2) is 10.7. The van der Waals surface area contributed by atoms with Crippen LogP contribution < -0.4 is 10.6 Å². The average molecular weight is 430 g/mol. The van der Waals surface area contributed by atoms with Crippen LogP contribution in [0, 0.1) is 0 Å². The molecule has 1 amide bonds. The lowest BCUT2D eigenvalue weighted by atomic mass is 9.98. The van der Waals surface area contributed by atoms with Crippen LogP contribution >= 0.6 is 0 Å². The third-order valence-corrected chi connectivity index (χ3v) is 5.56. The molecule has 0 saturated heterocycles. The molecule has 5 heteroatoms. The number of anilines is 1. The summed E-state index contributed by atoms with van der Waals surface area (Å²) in [6.07, 6.45) is 1.20. The summed E-state index contributed by atoms with van der Waals surface area (Å²) in [5.41, 5.74) is 11.6. The fraction of sp³-hybridized carbons (Fsp3) is 0.259. The Morgan fingerprint density at radius 3 is 2.19 bits per heavy atom. The van der Waals surface area contributed by atoms with Crippen molar-refractivity contribution >= 4 is 17.4 Å². The number of nitrogens with zero attached hydrogens (tertiary/aromatic N) is 2. The van der Waals surface area contributed by atoms with Crippen LogP contribution in [-0.4, -0.2) is 44.3 Å². The van der Waals surface area contributed by atoms with Gasteiger partial charge in [0.2, 0.25) is 5.91 Å². The number of nitrogens with two attached hydrogens (primary N) is 1. The molecule has 0 saturated carbocycles. The maximum atomic E-state index is 12.7. The van der Waals surface area contributed by atoms with Gasteiger partial charge in [-0.05, 0) is 46.9 Å². The number of carbonyl (C=O) groups excluding carboxylic acids is 2. The molecule has 0 fully saturated rings. The number of aryl methyl sites for hydroxylation is 1. The first-order valence-corrected chi connectivity index (χ1v) is 10.8. The quantitative estimate of drug-likeness (QED) is 0.519. The highest BCUT2D eigenvalue weighted by atomic mass is 16.2. The van der Waals surface area contributed by atoms with E-state index in [1.54, 1.807) is 11.9 Å². The normalized spacial score (nSPS) is 10.6. The molecule has 3 aromatic rings. The number of carbonyl (C=O) groups is 2. The lowest BCUT2D eigenvalue weighted by molar-refractivity contribution is -0.128. The predicted octanol–water partition coefficient (Wildman–Crippen LogP) is 4.15. The molecule has 0 aliphatic rings. The van der Waals surface area contributed by atoms with E-state index in [1.165, 1.54) is 0 Å². The highest BCUT2D eigenvalue weighted by Crippen LogP contribution is 2.22. The van der Waals surface area contributed by atoms with Gasteiger partial charge in [-0.3, -0.25) is 9.59 Å². The van der Waals surface area contributed by atoms with E-state index >= 15 is 0 Å². The van der Waals surface area contributed by atoms with Crippen LogP contribution in [0.1, 0.15) is 27.9 Å². The number of benzene rings is 3. The van der Waals surface area contributed by atoms with Gasteiger partial charge in [-0.25, -0.2) is 0 Å². The monoisotopic (exact) mass is 429 g/mol. The standard InChI is InChI=1S/C27H31N3O2/c1-29(2)25-9-5-6-20(17-25)10-15-26(31)23-13-11-22(12-14-23)24-8-4-7-21(16-24)19-30(3)27(32)18-28/h4-9,11-14,16-17H,10,15,18-19,28H2,1-3H3. The largest absolute Gasteiger partial charge is 0.378 e. The summed E-state index contributed by atoms with van der Waals surface area (Å²) in [6, 6.07) is 24.1. The molecule has 0 aliphatic carbocycles. The van der Waals surface area contributed by atoms with E-state index < -0.39 is 0 Å². The number of amides is 1. The van der Waals surface area contributed by atoms with Gasteiger partial charge in [-0.15, -0.1) is 0 Å². The topological polar surface area (TPSA) is 66.6 Å². The van der Waals surface area contributed by atoms with Gasteiger partial charge in [0, 0.05) is 45.4 Å². The minimum Gasteiger partial charge on any atom is -0.378 e. The van der Waals surface area contributed by atoms with Gasteiger partial charge in [0.15, 0.2) is 5.78 Å². The van der Waals surface area contributed by atoms with E-state index in [9.17, 15) is 9.59 Å². The highest BCUT2D eigenvalue weighted by molar-refractivity contribution is 5.96. The first-order chi connectivity index (χ1) is 15.4. The van der Waals surface area contributed by atoms with Crippen molar-refractivity contribution in [2.45, 2.75) is 19.4 Å². The lowest BCUT2D eigenvalue weighted by Crippen LogP contribution is -2.32. The maximum absolute atomic E-state index is 12.7. The van der Waals surface area contributed by atoms with Crippen molar-refractivity contribution in [2.75, 3.05) is 32.6 Å². The van der Waals surface area contributed by atoms with Crippen molar-refractivity contribution in [1.82, 2.24) is 4.90 Å². The molecule has 2 N–H and O–H groups in total. The Labute approximate surface area is 190 Å². The number of hydrogen-bond acceptors (Lipinski definition) is 4. The molecule has 166 valence electrons. The number of rotatable bonds is 9. The molecule has 3 rings (SSSR count). The van der Waals surface area contributed by atoms with Crippen molar-refractivity contribution in [3.05, 3.63) is 89.5 Å². The fourth-order valence-electron chi connectivity index (χ4n) is 3.61. The van der Waals surface area contributed by atoms with Crippen molar-refractivity contribution < 1.29 is 9.59 Å². The van der Waals surface area contributed by atoms with E-state index in [0.29, 0.717) is 13.0 Å².